The largest absolute Gasteiger partial charge is 0.395 e. The minimum absolute atomic E-state index is 0.123. The molecular formula is C13H21IO2. The van der Waals surface area contributed by atoms with Crippen molar-refractivity contribution in [2.45, 2.75) is 49.7 Å². The molecule has 1 aliphatic heterocycles. The van der Waals surface area contributed by atoms with Crippen LogP contribution in [0.25, 0.3) is 0 Å². The van der Waals surface area contributed by atoms with E-state index in [0.29, 0.717) is 3.92 Å². The molecule has 0 aromatic rings. The molecule has 1 aliphatic carbocycles. The molecule has 3 heteroatoms. The van der Waals surface area contributed by atoms with Crippen LogP contribution < -0.4 is 0 Å². The van der Waals surface area contributed by atoms with Crippen molar-refractivity contribution in [1.29, 1.82) is 0 Å². The summed E-state index contributed by atoms with van der Waals surface area (Å²) in [5.74, 6) is 0. The minimum Gasteiger partial charge on any atom is -0.395 e. The third-order valence-electron chi connectivity index (χ3n) is 3.84. The lowest BCUT2D eigenvalue weighted by atomic mass is 9.73. The lowest BCUT2D eigenvalue weighted by Crippen LogP contribution is -2.41. The molecule has 0 aromatic heterocycles. The van der Waals surface area contributed by atoms with Gasteiger partial charge in [-0.2, -0.15) is 0 Å². The van der Waals surface area contributed by atoms with Gasteiger partial charge in [0.05, 0.1) is 18.8 Å². The SMILES string of the molecule is CC(C)(C)[C@H]1C[C@]2(CO)C=CC[C@@H](I)[C@@H]2O1. The summed E-state index contributed by atoms with van der Waals surface area (Å²) >= 11 is 2.46. The zero-order valence-electron chi connectivity index (χ0n) is 10.2. The lowest BCUT2D eigenvalue weighted by Gasteiger charge is -2.35. The van der Waals surface area contributed by atoms with Crippen LogP contribution in [0.15, 0.2) is 12.2 Å². The van der Waals surface area contributed by atoms with Gasteiger partial charge in [-0.15, -0.1) is 0 Å². The zero-order valence-corrected chi connectivity index (χ0v) is 12.4. The van der Waals surface area contributed by atoms with Gasteiger partial charge in [0.1, 0.15) is 0 Å². The van der Waals surface area contributed by atoms with E-state index in [-0.39, 0.29) is 29.6 Å². The summed E-state index contributed by atoms with van der Waals surface area (Å²) in [5.41, 5.74) is 0.0335. The molecule has 1 fully saturated rings. The molecular weight excluding hydrogens is 315 g/mol. The van der Waals surface area contributed by atoms with Crippen LogP contribution in [0.3, 0.4) is 0 Å². The molecule has 2 nitrogen and oxygen atoms in total. The average molecular weight is 336 g/mol. The highest BCUT2D eigenvalue weighted by Crippen LogP contribution is 2.50. The number of halogens is 1. The molecule has 4 atom stereocenters. The van der Waals surface area contributed by atoms with E-state index in [1.807, 2.05) is 0 Å². The molecule has 0 radical (unpaired) electrons. The Labute approximate surface area is 112 Å². The van der Waals surface area contributed by atoms with Gasteiger partial charge in [0, 0.05) is 9.34 Å². The maximum absolute atomic E-state index is 9.72. The topological polar surface area (TPSA) is 29.5 Å². The van der Waals surface area contributed by atoms with E-state index in [0.717, 1.165) is 12.8 Å². The van der Waals surface area contributed by atoms with Gasteiger partial charge in [0.2, 0.25) is 0 Å². The van der Waals surface area contributed by atoms with Crippen molar-refractivity contribution in [2.75, 3.05) is 6.61 Å². The normalized spacial score (nSPS) is 43.4. The molecule has 0 saturated carbocycles. The predicted octanol–water partition coefficient (Wildman–Crippen LogP) is 2.93. The van der Waals surface area contributed by atoms with Crippen molar-refractivity contribution >= 4 is 22.6 Å². The molecule has 1 heterocycles. The third-order valence-corrected chi connectivity index (χ3v) is 5.00. The van der Waals surface area contributed by atoms with Crippen molar-refractivity contribution in [3.63, 3.8) is 0 Å². The van der Waals surface area contributed by atoms with Crippen LogP contribution in [0.5, 0.6) is 0 Å². The first kappa shape index (κ1) is 12.8. The number of rotatable bonds is 1. The molecule has 2 aliphatic rings. The van der Waals surface area contributed by atoms with Gasteiger partial charge in [-0.3, -0.25) is 0 Å². The maximum atomic E-state index is 9.72. The summed E-state index contributed by atoms with van der Waals surface area (Å²) in [6, 6.07) is 0. The second kappa shape index (κ2) is 4.25. The number of ether oxygens (including phenoxy) is 1. The second-order valence-electron chi connectivity index (χ2n) is 6.16. The Morgan fingerprint density at radius 1 is 1.50 bits per heavy atom. The summed E-state index contributed by atoms with van der Waals surface area (Å²) in [5, 5.41) is 9.72. The highest BCUT2D eigenvalue weighted by Gasteiger charge is 2.52. The first-order valence-electron chi connectivity index (χ1n) is 5.97. The van der Waals surface area contributed by atoms with Crippen LogP contribution in [0.1, 0.15) is 33.6 Å². The summed E-state index contributed by atoms with van der Waals surface area (Å²) < 4.78 is 6.71. The average Bonchev–Trinajstić information content (AvgIpc) is 2.59. The van der Waals surface area contributed by atoms with Gasteiger partial charge in [-0.1, -0.05) is 55.5 Å². The fourth-order valence-electron chi connectivity index (χ4n) is 2.70. The standard InChI is InChI=1S/C13H21IO2/c1-12(2,3)10-7-13(8-15)6-4-5-9(14)11(13)16-10/h4,6,9-11,15H,5,7-8H2,1-3H3/t9-,10-,11+,13+/m1/s1. The fraction of sp³-hybridized carbons (Fsp3) is 0.846. The smallest absolute Gasteiger partial charge is 0.0813 e. The Kier molecular flexibility index (Phi) is 3.41. The van der Waals surface area contributed by atoms with E-state index >= 15 is 0 Å². The van der Waals surface area contributed by atoms with E-state index in [2.05, 4.69) is 55.5 Å². The van der Waals surface area contributed by atoms with Gasteiger partial charge in [-0.05, 0) is 18.3 Å². The number of aliphatic hydroxyl groups is 1. The van der Waals surface area contributed by atoms with Crippen LogP contribution in [0.4, 0.5) is 0 Å². The Hall–Kier alpha value is 0.390. The van der Waals surface area contributed by atoms with Crippen LogP contribution in [-0.2, 0) is 4.74 Å². The highest BCUT2D eigenvalue weighted by atomic mass is 127. The molecule has 1 N–H and O–H groups in total. The molecule has 0 aromatic carbocycles. The van der Waals surface area contributed by atoms with Crippen LogP contribution in [0.2, 0.25) is 0 Å². The summed E-state index contributed by atoms with van der Waals surface area (Å²) in [4.78, 5) is 0. The lowest BCUT2D eigenvalue weighted by molar-refractivity contribution is -0.0317. The predicted molar refractivity (Wildman–Crippen MR) is 73.8 cm³/mol. The van der Waals surface area contributed by atoms with Crippen molar-refractivity contribution < 1.29 is 9.84 Å². The fourth-order valence-corrected chi connectivity index (χ4v) is 3.88. The van der Waals surface area contributed by atoms with E-state index in [4.69, 9.17) is 4.74 Å². The Bertz CT molecular complexity index is 295. The quantitative estimate of drug-likeness (QED) is 0.453. The van der Waals surface area contributed by atoms with Crippen LogP contribution in [-0.4, -0.2) is 27.8 Å². The highest BCUT2D eigenvalue weighted by molar-refractivity contribution is 14.1. The van der Waals surface area contributed by atoms with Gasteiger partial charge in [-0.25, -0.2) is 0 Å². The molecule has 2 rings (SSSR count). The zero-order chi connectivity index (χ0) is 12.0. The molecule has 0 spiro atoms. The van der Waals surface area contributed by atoms with Crippen LogP contribution >= 0.6 is 22.6 Å². The first-order chi connectivity index (χ1) is 7.39. The number of hydrogen-bond acceptors (Lipinski definition) is 2. The van der Waals surface area contributed by atoms with Crippen molar-refractivity contribution in [2.24, 2.45) is 10.8 Å². The van der Waals surface area contributed by atoms with Crippen LogP contribution in [0, 0.1) is 10.8 Å². The Morgan fingerprint density at radius 2 is 2.19 bits per heavy atom. The molecule has 1 saturated heterocycles. The maximum Gasteiger partial charge on any atom is 0.0813 e. The number of fused-ring (bicyclic) bond motifs is 1. The Balaban J connectivity index is 2.26. The monoisotopic (exact) mass is 336 g/mol. The number of aliphatic hydroxyl groups excluding tert-OH is 1. The molecule has 0 bridgehead atoms. The van der Waals surface area contributed by atoms with Crippen molar-refractivity contribution in [1.82, 2.24) is 0 Å². The van der Waals surface area contributed by atoms with Gasteiger partial charge < -0.3 is 9.84 Å². The van der Waals surface area contributed by atoms with Crippen molar-refractivity contribution in [3.8, 4) is 0 Å². The first-order valence-corrected chi connectivity index (χ1v) is 7.22. The molecule has 0 amide bonds. The molecule has 16 heavy (non-hydrogen) atoms. The number of hydrogen-bond donors (Lipinski definition) is 1. The Morgan fingerprint density at radius 3 is 2.69 bits per heavy atom. The van der Waals surface area contributed by atoms with E-state index < -0.39 is 0 Å². The summed E-state index contributed by atoms with van der Waals surface area (Å²) in [6.45, 7) is 6.85. The third kappa shape index (κ3) is 2.06. The summed E-state index contributed by atoms with van der Waals surface area (Å²) in [6.07, 6.45) is 6.85. The van der Waals surface area contributed by atoms with Gasteiger partial charge in [0.15, 0.2) is 0 Å². The van der Waals surface area contributed by atoms with E-state index in [1.54, 1.807) is 0 Å². The number of alkyl halides is 1. The molecule has 0 unspecified atom stereocenters. The second-order valence-corrected chi connectivity index (χ2v) is 7.76. The van der Waals surface area contributed by atoms with E-state index in [1.165, 1.54) is 0 Å². The van der Waals surface area contributed by atoms with Gasteiger partial charge >= 0.3 is 0 Å². The number of allylic oxidation sites excluding steroid dienone is 1. The van der Waals surface area contributed by atoms with E-state index in [9.17, 15) is 5.11 Å². The molecule has 92 valence electrons. The summed E-state index contributed by atoms with van der Waals surface area (Å²) in [7, 11) is 0. The minimum atomic E-state index is -0.123. The van der Waals surface area contributed by atoms with Crippen molar-refractivity contribution in [3.05, 3.63) is 12.2 Å². The van der Waals surface area contributed by atoms with Gasteiger partial charge in [0.25, 0.3) is 0 Å².